The molecule has 9 heteroatoms. The standard InChI is InChI=1S/C20H22F2N6O/c1-13-5-2-3-6-15-11-14(7-9-24-15)17-16(25-19(13)29)18(26-28(17)20(21)22)27-10-4-8-23-12-27/h4,7-9,11-13,20H,2-3,5-6,10H2,1H3,(H,25,29). The summed E-state index contributed by atoms with van der Waals surface area (Å²) in [5, 5.41) is 7.03. The van der Waals surface area contributed by atoms with Crippen molar-refractivity contribution in [3.05, 3.63) is 36.3 Å². The zero-order valence-electron chi connectivity index (χ0n) is 16.1. The lowest BCUT2D eigenvalue weighted by atomic mass is 9.99. The van der Waals surface area contributed by atoms with Crippen molar-refractivity contribution in [2.45, 2.75) is 39.2 Å². The molecule has 2 aliphatic rings. The molecule has 1 N–H and O–H groups in total. The Kier molecular flexibility index (Phi) is 5.37. The van der Waals surface area contributed by atoms with Crippen molar-refractivity contribution >= 4 is 23.8 Å². The fourth-order valence-electron chi connectivity index (χ4n) is 3.58. The quantitative estimate of drug-likeness (QED) is 0.827. The summed E-state index contributed by atoms with van der Waals surface area (Å²) in [5.74, 6) is -0.212. The van der Waals surface area contributed by atoms with Gasteiger partial charge in [0.1, 0.15) is 11.4 Å². The summed E-state index contributed by atoms with van der Waals surface area (Å²) in [7, 11) is 0. The Morgan fingerprint density at radius 1 is 1.31 bits per heavy atom. The molecule has 1 amide bonds. The Hall–Kier alpha value is -3.10. The van der Waals surface area contributed by atoms with Gasteiger partial charge >= 0.3 is 6.55 Å². The van der Waals surface area contributed by atoms with Gasteiger partial charge in [0.05, 0.1) is 6.34 Å². The summed E-state index contributed by atoms with van der Waals surface area (Å²) in [6.07, 6.45) is 9.77. The molecule has 2 bridgehead atoms. The lowest BCUT2D eigenvalue weighted by Crippen LogP contribution is -2.26. The van der Waals surface area contributed by atoms with Crippen LogP contribution in [0, 0.1) is 5.92 Å². The Bertz CT molecular complexity index is 968. The van der Waals surface area contributed by atoms with Crippen LogP contribution in [0.2, 0.25) is 0 Å². The zero-order valence-corrected chi connectivity index (χ0v) is 16.1. The molecule has 0 saturated carbocycles. The largest absolute Gasteiger partial charge is 0.333 e. The van der Waals surface area contributed by atoms with Gasteiger partial charge in [-0.15, -0.1) is 5.10 Å². The van der Waals surface area contributed by atoms with Crippen molar-refractivity contribution in [3.8, 4) is 11.3 Å². The van der Waals surface area contributed by atoms with Crippen molar-refractivity contribution in [2.75, 3.05) is 16.8 Å². The predicted octanol–water partition coefficient (Wildman–Crippen LogP) is 4.00. The number of nitrogens with zero attached hydrogens (tertiary/aromatic N) is 5. The summed E-state index contributed by atoms with van der Waals surface area (Å²) < 4.78 is 28.5. The van der Waals surface area contributed by atoms with Crippen LogP contribution in [-0.2, 0) is 11.2 Å². The fraction of sp³-hybridized carbons (Fsp3) is 0.400. The number of fused-ring (bicyclic) bond motifs is 4. The van der Waals surface area contributed by atoms with Crippen molar-refractivity contribution in [1.82, 2.24) is 14.8 Å². The molecule has 0 spiro atoms. The number of aliphatic imine (C=N–C) groups is 1. The Morgan fingerprint density at radius 3 is 2.93 bits per heavy atom. The maximum atomic E-state index is 13.9. The first kappa shape index (κ1) is 19.2. The van der Waals surface area contributed by atoms with Gasteiger partial charge in [0.25, 0.3) is 0 Å². The SMILES string of the molecule is CC1CCCCc2cc(ccn2)-c2c(c(N3C=NC=CC3)nn2C(F)F)NC1=O. The van der Waals surface area contributed by atoms with Crippen molar-refractivity contribution in [1.29, 1.82) is 0 Å². The van der Waals surface area contributed by atoms with Gasteiger partial charge in [-0.05, 0) is 37.5 Å². The number of hydrogen-bond donors (Lipinski definition) is 1. The minimum atomic E-state index is -2.87. The number of carbonyl (C=O) groups is 1. The van der Waals surface area contributed by atoms with E-state index in [0.717, 1.165) is 25.0 Å². The monoisotopic (exact) mass is 400 g/mol. The van der Waals surface area contributed by atoms with E-state index >= 15 is 0 Å². The molecule has 0 saturated heterocycles. The lowest BCUT2D eigenvalue weighted by Gasteiger charge is -2.20. The Morgan fingerprint density at radius 2 is 2.17 bits per heavy atom. The number of pyridine rings is 1. The third-order valence-corrected chi connectivity index (χ3v) is 5.15. The number of anilines is 2. The molecule has 1 atom stereocenters. The number of hydrogen-bond acceptors (Lipinski definition) is 5. The molecular formula is C20H22F2N6O. The van der Waals surface area contributed by atoms with Crippen LogP contribution in [-0.4, -0.2) is 33.6 Å². The van der Waals surface area contributed by atoms with E-state index in [2.05, 4.69) is 20.4 Å². The van der Waals surface area contributed by atoms with Gasteiger partial charge in [0.15, 0.2) is 5.82 Å². The molecule has 4 heterocycles. The first-order valence-electron chi connectivity index (χ1n) is 9.66. The van der Waals surface area contributed by atoms with E-state index in [1.807, 2.05) is 6.92 Å². The average molecular weight is 400 g/mol. The van der Waals surface area contributed by atoms with E-state index in [4.69, 9.17) is 0 Å². The van der Waals surface area contributed by atoms with Crippen LogP contribution in [0.25, 0.3) is 11.3 Å². The van der Waals surface area contributed by atoms with E-state index in [1.54, 1.807) is 35.5 Å². The summed E-state index contributed by atoms with van der Waals surface area (Å²) in [6, 6.07) is 3.46. The van der Waals surface area contributed by atoms with E-state index in [0.29, 0.717) is 23.2 Å². The van der Waals surface area contributed by atoms with E-state index in [-0.39, 0.29) is 29.0 Å². The van der Waals surface area contributed by atoms with Crippen molar-refractivity contribution in [2.24, 2.45) is 10.9 Å². The topological polar surface area (TPSA) is 75.4 Å². The molecule has 2 aromatic rings. The number of rotatable bonds is 2. The fourth-order valence-corrected chi connectivity index (χ4v) is 3.58. The highest BCUT2D eigenvalue weighted by molar-refractivity contribution is 6.02. The normalized spacial score (nSPS) is 19.5. The first-order chi connectivity index (χ1) is 14.0. The number of alkyl halides is 2. The minimum Gasteiger partial charge on any atom is -0.321 e. The molecular weight excluding hydrogens is 378 g/mol. The van der Waals surface area contributed by atoms with E-state index < -0.39 is 6.55 Å². The molecule has 1 unspecified atom stereocenters. The van der Waals surface area contributed by atoms with Gasteiger partial charge in [-0.25, -0.2) is 4.99 Å². The number of halogens is 2. The highest BCUT2D eigenvalue weighted by atomic mass is 19.3. The minimum absolute atomic E-state index is 0.169. The molecule has 4 rings (SSSR count). The molecule has 29 heavy (non-hydrogen) atoms. The van der Waals surface area contributed by atoms with Gasteiger partial charge in [0.2, 0.25) is 5.91 Å². The number of nitrogens with one attached hydrogen (secondary N) is 1. The van der Waals surface area contributed by atoms with Crippen LogP contribution in [0.15, 0.2) is 35.6 Å². The predicted molar refractivity (Wildman–Crippen MR) is 107 cm³/mol. The molecule has 0 aliphatic carbocycles. The number of amides is 1. The average Bonchev–Trinajstić information content (AvgIpc) is 3.10. The van der Waals surface area contributed by atoms with Crippen molar-refractivity contribution in [3.63, 3.8) is 0 Å². The third kappa shape index (κ3) is 3.90. The molecule has 2 aliphatic heterocycles. The summed E-state index contributed by atoms with van der Waals surface area (Å²) >= 11 is 0. The van der Waals surface area contributed by atoms with Crippen LogP contribution in [0.3, 0.4) is 0 Å². The van der Waals surface area contributed by atoms with Crippen LogP contribution >= 0.6 is 0 Å². The van der Waals surface area contributed by atoms with Crippen molar-refractivity contribution < 1.29 is 13.6 Å². The molecule has 2 aromatic heterocycles. The van der Waals surface area contributed by atoms with Gasteiger partial charge < -0.3 is 10.2 Å². The van der Waals surface area contributed by atoms with Gasteiger partial charge in [-0.1, -0.05) is 13.3 Å². The molecule has 152 valence electrons. The number of aromatic nitrogens is 3. The number of aryl methyl sites for hydroxylation is 1. The molecule has 7 nitrogen and oxygen atoms in total. The lowest BCUT2D eigenvalue weighted by molar-refractivity contribution is -0.119. The summed E-state index contributed by atoms with van der Waals surface area (Å²) in [6.45, 7) is -0.599. The van der Waals surface area contributed by atoms with E-state index in [1.165, 1.54) is 6.34 Å². The summed E-state index contributed by atoms with van der Waals surface area (Å²) in [5.41, 5.74) is 1.81. The molecule has 0 fully saturated rings. The highest BCUT2D eigenvalue weighted by Crippen LogP contribution is 2.39. The smallest absolute Gasteiger partial charge is 0.321 e. The van der Waals surface area contributed by atoms with Crippen LogP contribution < -0.4 is 10.2 Å². The van der Waals surface area contributed by atoms with Crippen LogP contribution in [0.4, 0.5) is 20.3 Å². The van der Waals surface area contributed by atoms with Gasteiger partial charge in [-0.3, -0.25) is 9.78 Å². The zero-order chi connectivity index (χ0) is 20.4. The maximum absolute atomic E-state index is 13.9. The van der Waals surface area contributed by atoms with Crippen LogP contribution in [0.5, 0.6) is 0 Å². The first-order valence-corrected chi connectivity index (χ1v) is 9.66. The Labute approximate surface area is 167 Å². The van der Waals surface area contributed by atoms with E-state index in [9.17, 15) is 13.6 Å². The second kappa shape index (κ2) is 8.10. The second-order valence-electron chi connectivity index (χ2n) is 7.24. The molecule has 0 aromatic carbocycles. The second-order valence-corrected chi connectivity index (χ2v) is 7.24. The van der Waals surface area contributed by atoms with Crippen LogP contribution in [0.1, 0.15) is 38.4 Å². The van der Waals surface area contributed by atoms with Gasteiger partial charge in [-0.2, -0.15) is 13.5 Å². The van der Waals surface area contributed by atoms with Gasteiger partial charge in [0, 0.05) is 36.1 Å². The highest BCUT2D eigenvalue weighted by Gasteiger charge is 2.29. The maximum Gasteiger partial charge on any atom is 0.333 e. The molecule has 0 radical (unpaired) electrons. The Balaban J connectivity index is 1.92. The third-order valence-electron chi connectivity index (χ3n) is 5.15. The number of carbonyl (C=O) groups excluding carboxylic acids is 1. The summed E-state index contributed by atoms with van der Waals surface area (Å²) in [4.78, 5) is 22.9.